The molecule has 0 aliphatic heterocycles. The predicted octanol–water partition coefficient (Wildman–Crippen LogP) is 4.47. The molecule has 3 nitrogen and oxygen atoms in total. The fourth-order valence-corrected chi connectivity index (χ4v) is 2.89. The molecule has 104 valence electrons. The highest BCUT2D eigenvalue weighted by Crippen LogP contribution is 2.24. The van der Waals surface area contributed by atoms with Crippen LogP contribution in [0, 0.1) is 0 Å². The van der Waals surface area contributed by atoms with E-state index < -0.39 is 0 Å². The third-order valence-corrected chi connectivity index (χ3v) is 4.01. The fourth-order valence-electron chi connectivity index (χ4n) is 2.15. The minimum atomic E-state index is -0.0228. The lowest BCUT2D eigenvalue weighted by Crippen LogP contribution is -2.06. The molecule has 0 fully saturated rings. The Morgan fingerprint density at radius 1 is 1.14 bits per heavy atom. The number of nitrogens with zero attached hydrogens (tertiary/aromatic N) is 2. The standard InChI is InChI=1S/C16H10BrClN2O/c17-11-5-4-10(13(18)9-11)8-15(21)12-2-1-3-14-16(12)20-7-6-19-14/h1-7,9H,8H2. The number of halogens is 2. The molecule has 0 N–H and O–H groups in total. The van der Waals surface area contributed by atoms with Crippen molar-refractivity contribution in [2.75, 3.05) is 0 Å². The summed E-state index contributed by atoms with van der Waals surface area (Å²) in [5.41, 5.74) is 2.70. The first-order chi connectivity index (χ1) is 10.1. The van der Waals surface area contributed by atoms with E-state index in [-0.39, 0.29) is 12.2 Å². The Morgan fingerprint density at radius 2 is 1.95 bits per heavy atom. The van der Waals surface area contributed by atoms with Crippen LogP contribution in [-0.4, -0.2) is 15.8 Å². The van der Waals surface area contributed by atoms with Gasteiger partial charge in [-0.1, -0.05) is 39.7 Å². The lowest BCUT2D eigenvalue weighted by atomic mass is 10.0. The van der Waals surface area contributed by atoms with Crippen molar-refractivity contribution in [1.82, 2.24) is 9.97 Å². The maximum Gasteiger partial charge on any atom is 0.169 e. The Labute approximate surface area is 135 Å². The number of carbonyl (C=O) groups is 1. The van der Waals surface area contributed by atoms with Crippen LogP contribution < -0.4 is 0 Å². The van der Waals surface area contributed by atoms with E-state index in [4.69, 9.17) is 11.6 Å². The highest BCUT2D eigenvalue weighted by Gasteiger charge is 2.13. The Kier molecular flexibility index (Phi) is 3.99. The number of rotatable bonds is 3. The molecule has 0 atom stereocenters. The SMILES string of the molecule is O=C(Cc1ccc(Br)cc1Cl)c1cccc2nccnc12. The normalized spacial score (nSPS) is 10.8. The van der Waals surface area contributed by atoms with Crippen molar-refractivity contribution in [2.24, 2.45) is 0 Å². The zero-order valence-corrected chi connectivity index (χ0v) is 13.2. The number of benzene rings is 2. The van der Waals surface area contributed by atoms with Crippen LogP contribution in [-0.2, 0) is 6.42 Å². The molecule has 21 heavy (non-hydrogen) atoms. The third-order valence-electron chi connectivity index (χ3n) is 3.17. The largest absolute Gasteiger partial charge is 0.294 e. The second-order valence-corrected chi connectivity index (χ2v) is 5.89. The summed E-state index contributed by atoms with van der Waals surface area (Å²) in [7, 11) is 0. The van der Waals surface area contributed by atoms with Crippen LogP contribution in [0.2, 0.25) is 5.02 Å². The first-order valence-electron chi connectivity index (χ1n) is 6.32. The minimum absolute atomic E-state index is 0.0228. The average Bonchev–Trinajstić information content (AvgIpc) is 2.49. The van der Waals surface area contributed by atoms with Crippen LogP contribution in [0.25, 0.3) is 11.0 Å². The van der Waals surface area contributed by atoms with E-state index in [2.05, 4.69) is 25.9 Å². The van der Waals surface area contributed by atoms with Gasteiger partial charge in [0.15, 0.2) is 5.78 Å². The van der Waals surface area contributed by atoms with Crippen LogP contribution in [0.3, 0.4) is 0 Å². The van der Waals surface area contributed by atoms with E-state index in [1.165, 1.54) is 0 Å². The molecule has 0 spiro atoms. The van der Waals surface area contributed by atoms with Crippen molar-refractivity contribution in [1.29, 1.82) is 0 Å². The maximum atomic E-state index is 12.5. The van der Waals surface area contributed by atoms with Crippen LogP contribution in [0.5, 0.6) is 0 Å². The Bertz CT molecular complexity index is 830. The van der Waals surface area contributed by atoms with Crippen LogP contribution in [0.15, 0.2) is 53.3 Å². The summed E-state index contributed by atoms with van der Waals surface area (Å²) < 4.78 is 0.889. The molecule has 5 heteroatoms. The first kappa shape index (κ1) is 14.2. The summed E-state index contributed by atoms with van der Waals surface area (Å²) in [5.74, 6) is -0.0228. The van der Waals surface area contributed by atoms with E-state index in [0.29, 0.717) is 21.6 Å². The average molecular weight is 362 g/mol. The molecule has 0 aliphatic rings. The van der Waals surface area contributed by atoms with Gasteiger partial charge in [0.2, 0.25) is 0 Å². The van der Waals surface area contributed by atoms with E-state index in [0.717, 1.165) is 10.0 Å². The molecule has 3 aromatic rings. The fraction of sp³-hybridized carbons (Fsp3) is 0.0625. The summed E-state index contributed by atoms with van der Waals surface area (Å²) in [4.78, 5) is 21.0. The molecule has 0 saturated heterocycles. The van der Waals surface area contributed by atoms with Crippen molar-refractivity contribution >= 4 is 44.3 Å². The molecule has 1 aromatic heterocycles. The third kappa shape index (κ3) is 2.96. The molecule has 2 aromatic carbocycles. The van der Waals surface area contributed by atoms with E-state index in [9.17, 15) is 4.79 Å². The van der Waals surface area contributed by atoms with Crippen LogP contribution in [0.4, 0.5) is 0 Å². The molecule has 0 amide bonds. The summed E-state index contributed by atoms with van der Waals surface area (Å²) in [6.45, 7) is 0. The predicted molar refractivity (Wildman–Crippen MR) is 86.7 cm³/mol. The van der Waals surface area contributed by atoms with Gasteiger partial charge in [-0.25, -0.2) is 0 Å². The molecule has 3 rings (SSSR count). The second-order valence-electron chi connectivity index (χ2n) is 4.57. The molecule has 0 aliphatic carbocycles. The minimum Gasteiger partial charge on any atom is -0.294 e. The van der Waals surface area contributed by atoms with Gasteiger partial charge >= 0.3 is 0 Å². The van der Waals surface area contributed by atoms with Crippen molar-refractivity contribution in [2.45, 2.75) is 6.42 Å². The van der Waals surface area contributed by atoms with Gasteiger partial charge in [-0.05, 0) is 29.8 Å². The smallest absolute Gasteiger partial charge is 0.169 e. The van der Waals surface area contributed by atoms with Gasteiger partial charge in [0.05, 0.1) is 11.0 Å². The second kappa shape index (κ2) is 5.92. The molecular formula is C16H10BrClN2O. The summed E-state index contributed by atoms with van der Waals surface area (Å²) in [5, 5.41) is 0.573. The van der Waals surface area contributed by atoms with Crippen molar-refractivity contribution in [3.63, 3.8) is 0 Å². The topological polar surface area (TPSA) is 42.9 Å². The number of para-hydroxylation sites is 1. The molecule has 0 unspecified atom stereocenters. The van der Waals surface area contributed by atoms with Crippen LogP contribution in [0.1, 0.15) is 15.9 Å². The first-order valence-corrected chi connectivity index (χ1v) is 7.49. The number of carbonyl (C=O) groups excluding carboxylic acids is 1. The van der Waals surface area contributed by atoms with E-state index in [1.807, 2.05) is 24.3 Å². The lowest BCUT2D eigenvalue weighted by Gasteiger charge is -2.06. The number of aromatic nitrogens is 2. The van der Waals surface area contributed by atoms with Crippen molar-refractivity contribution < 1.29 is 4.79 Å². The summed E-state index contributed by atoms with van der Waals surface area (Å²) in [6.07, 6.45) is 3.44. The zero-order chi connectivity index (χ0) is 14.8. The van der Waals surface area contributed by atoms with Gasteiger partial charge in [-0.3, -0.25) is 14.8 Å². The van der Waals surface area contributed by atoms with Crippen molar-refractivity contribution in [3.05, 3.63) is 69.4 Å². The molecular weight excluding hydrogens is 352 g/mol. The van der Waals surface area contributed by atoms with Crippen LogP contribution >= 0.6 is 27.5 Å². The highest BCUT2D eigenvalue weighted by atomic mass is 79.9. The van der Waals surface area contributed by atoms with E-state index in [1.54, 1.807) is 24.5 Å². The highest BCUT2D eigenvalue weighted by molar-refractivity contribution is 9.10. The molecule has 1 heterocycles. The van der Waals surface area contributed by atoms with Gasteiger partial charge < -0.3 is 0 Å². The van der Waals surface area contributed by atoms with Gasteiger partial charge in [0.25, 0.3) is 0 Å². The summed E-state index contributed by atoms with van der Waals surface area (Å²) >= 11 is 9.52. The summed E-state index contributed by atoms with van der Waals surface area (Å²) in [6, 6.07) is 10.9. The quantitative estimate of drug-likeness (QED) is 0.646. The molecule has 0 radical (unpaired) electrons. The van der Waals surface area contributed by atoms with Gasteiger partial charge in [0, 0.05) is 33.9 Å². The van der Waals surface area contributed by atoms with Gasteiger partial charge in [-0.2, -0.15) is 0 Å². The number of fused-ring (bicyclic) bond motifs is 1. The monoisotopic (exact) mass is 360 g/mol. The van der Waals surface area contributed by atoms with Crippen molar-refractivity contribution in [3.8, 4) is 0 Å². The van der Waals surface area contributed by atoms with Gasteiger partial charge in [0.1, 0.15) is 0 Å². The number of hydrogen-bond acceptors (Lipinski definition) is 3. The Balaban J connectivity index is 1.97. The lowest BCUT2D eigenvalue weighted by molar-refractivity contribution is 0.0994. The van der Waals surface area contributed by atoms with E-state index >= 15 is 0 Å². The zero-order valence-electron chi connectivity index (χ0n) is 10.9. The Hall–Kier alpha value is -1.78. The molecule has 0 bridgehead atoms. The number of ketones is 1. The maximum absolute atomic E-state index is 12.5. The molecule has 0 saturated carbocycles. The Morgan fingerprint density at radius 3 is 2.76 bits per heavy atom. The number of Topliss-reactive ketones (excluding diaryl/α,β-unsaturated/α-hetero) is 1. The van der Waals surface area contributed by atoms with Gasteiger partial charge in [-0.15, -0.1) is 0 Å². The number of hydrogen-bond donors (Lipinski definition) is 0.